The molecule has 0 radical (unpaired) electrons. The van der Waals surface area contributed by atoms with Gasteiger partial charge in [0.15, 0.2) is 0 Å². The van der Waals surface area contributed by atoms with Gasteiger partial charge in [0.1, 0.15) is 11.4 Å². The Morgan fingerprint density at radius 3 is 2.17 bits per heavy atom. The Morgan fingerprint density at radius 2 is 1.62 bits per heavy atom. The minimum atomic E-state index is -5.08. The van der Waals surface area contributed by atoms with E-state index in [1.807, 2.05) is 6.92 Å². The molecule has 2 atom stereocenters. The second-order valence-electron chi connectivity index (χ2n) is 13.2. The van der Waals surface area contributed by atoms with Crippen molar-refractivity contribution in [3.8, 4) is 5.88 Å². The van der Waals surface area contributed by atoms with Crippen LogP contribution in [0, 0.1) is 0 Å². The van der Waals surface area contributed by atoms with Crippen molar-refractivity contribution in [2.45, 2.75) is 90.5 Å². The largest absolute Gasteiger partial charge is 0.481 e. The van der Waals surface area contributed by atoms with E-state index in [4.69, 9.17) is 14.2 Å². The zero-order chi connectivity index (χ0) is 38.6. The number of hydrogen-bond donors (Lipinski definition) is 0. The molecule has 0 saturated heterocycles. The van der Waals surface area contributed by atoms with Crippen LogP contribution >= 0.6 is 0 Å². The second-order valence-corrected chi connectivity index (χ2v) is 13.2. The van der Waals surface area contributed by atoms with Gasteiger partial charge in [0.05, 0.1) is 48.7 Å². The van der Waals surface area contributed by atoms with Gasteiger partial charge < -0.3 is 24.0 Å². The molecular weight excluding hydrogens is 698 g/mol. The molecule has 17 heteroatoms. The smallest absolute Gasteiger partial charge is 0.416 e. The lowest BCUT2D eigenvalue weighted by molar-refractivity contribution is -0.154. The maximum Gasteiger partial charge on any atom is 0.416 e. The minimum absolute atomic E-state index is 0.00284. The lowest BCUT2D eigenvalue weighted by atomic mass is 9.92. The highest BCUT2D eigenvalue weighted by atomic mass is 19.4. The fourth-order valence-electron chi connectivity index (χ4n) is 5.83. The van der Waals surface area contributed by atoms with E-state index in [2.05, 4.69) is 15.0 Å². The van der Waals surface area contributed by atoms with Crippen molar-refractivity contribution in [2.24, 2.45) is 0 Å². The lowest BCUT2D eigenvalue weighted by Gasteiger charge is -2.43. The summed E-state index contributed by atoms with van der Waals surface area (Å²) in [7, 11) is 3.04. The molecule has 3 heterocycles. The first-order chi connectivity index (χ1) is 24.2. The van der Waals surface area contributed by atoms with Crippen molar-refractivity contribution in [3.63, 3.8) is 0 Å². The lowest BCUT2D eigenvalue weighted by Crippen LogP contribution is -2.48. The summed E-state index contributed by atoms with van der Waals surface area (Å²) in [4.78, 5) is 43.9. The van der Waals surface area contributed by atoms with Gasteiger partial charge in [-0.1, -0.05) is 6.92 Å². The Labute approximate surface area is 297 Å². The summed E-state index contributed by atoms with van der Waals surface area (Å²) < 4.78 is 99.8. The molecule has 0 spiro atoms. The van der Waals surface area contributed by atoms with Crippen LogP contribution in [-0.4, -0.2) is 66.0 Å². The Morgan fingerprint density at radius 1 is 0.962 bits per heavy atom. The van der Waals surface area contributed by atoms with Gasteiger partial charge in [-0.05, 0) is 76.4 Å². The van der Waals surface area contributed by atoms with Gasteiger partial charge >= 0.3 is 24.4 Å². The Bertz CT molecular complexity index is 1700. The fraction of sp³-hybridized carbons (Fsp3) is 0.514. The quantitative estimate of drug-likeness (QED) is 0.142. The van der Waals surface area contributed by atoms with Crippen LogP contribution in [0.1, 0.15) is 82.3 Å². The zero-order valence-electron chi connectivity index (χ0n) is 29.9. The van der Waals surface area contributed by atoms with Crippen LogP contribution in [0.25, 0.3) is 0 Å². The molecule has 1 amide bonds. The van der Waals surface area contributed by atoms with Crippen molar-refractivity contribution < 1.29 is 50.1 Å². The number of aromatic nitrogens is 3. The Balaban J connectivity index is 1.88. The molecule has 3 aromatic rings. The Hall–Kier alpha value is -4.83. The number of benzene rings is 1. The highest BCUT2D eigenvalue weighted by Gasteiger charge is 2.42. The molecule has 0 saturated carbocycles. The molecule has 0 aliphatic carbocycles. The first-order valence-corrected chi connectivity index (χ1v) is 16.6. The number of anilines is 3. The van der Waals surface area contributed by atoms with E-state index in [-0.39, 0.29) is 55.1 Å². The summed E-state index contributed by atoms with van der Waals surface area (Å²) in [6.45, 7) is 8.45. The summed E-state index contributed by atoms with van der Waals surface area (Å²) in [5, 5.41) is 0. The average Bonchev–Trinajstić information content (AvgIpc) is 3.07. The maximum atomic E-state index is 14.0. The average molecular weight is 741 g/mol. The van der Waals surface area contributed by atoms with Crippen LogP contribution in [0.5, 0.6) is 5.88 Å². The monoisotopic (exact) mass is 740 g/mol. The number of halogens is 6. The second kappa shape index (κ2) is 15.8. The van der Waals surface area contributed by atoms with Gasteiger partial charge in [0, 0.05) is 38.4 Å². The summed E-state index contributed by atoms with van der Waals surface area (Å²) >= 11 is 0. The van der Waals surface area contributed by atoms with Crippen molar-refractivity contribution in [3.05, 3.63) is 65.0 Å². The summed E-state index contributed by atoms with van der Waals surface area (Å²) in [5.41, 5.74) is -3.40. The maximum absolute atomic E-state index is 14.0. The number of methoxy groups -OCH3 is 1. The van der Waals surface area contributed by atoms with Gasteiger partial charge in [0.25, 0.3) is 0 Å². The van der Waals surface area contributed by atoms with E-state index in [1.165, 1.54) is 29.2 Å². The molecule has 0 bridgehead atoms. The third-order valence-electron chi connectivity index (χ3n) is 8.18. The van der Waals surface area contributed by atoms with E-state index in [0.717, 1.165) is 0 Å². The number of carbonyl (C=O) groups is 2. The molecule has 4 rings (SSSR count). The first kappa shape index (κ1) is 39.9. The van der Waals surface area contributed by atoms with E-state index >= 15 is 0 Å². The molecule has 52 heavy (non-hydrogen) atoms. The summed E-state index contributed by atoms with van der Waals surface area (Å²) in [5.74, 6) is -0.0331. The van der Waals surface area contributed by atoms with E-state index in [9.17, 15) is 35.9 Å². The molecule has 1 aliphatic heterocycles. The number of pyridine rings is 1. The van der Waals surface area contributed by atoms with Crippen LogP contribution < -0.4 is 19.4 Å². The minimum Gasteiger partial charge on any atom is -0.481 e. The molecule has 0 N–H and O–H groups in total. The summed E-state index contributed by atoms with van der Waals surface area (Å²) in [6.07, 6.45) is -8.87. The van der Waals surface area contributed by atoms with Gasteiger partial charge in [-0.2, -0.15) is 31.3 Å². The molecule has 284 valence electrons. The zero-order valence-corrected chi connectivity index (χ0v) is 29.9. The van der Waals surface area contributed by atoms with Crippen LogP contribution in [0.2, 0.25) is 0 Å². The predicted octanol–water partition coefficient (Wildman–Crippen LogP) is 7.98. The topological polar surface area (TPSA) is 110 Å². The number of amides is 1. The number of hydrogen-bond acceptors (Lipinski definition) is 10. The third-order valence-corrected chi connectivity index (χ3v) is 8.18. The van der Waals surface area contributed by atoms with Crippen molar-refractivity contribution >= 4 is 29.5 Å². The standard InChI is InChI=1S/C35H42F6N6O5/c1-8-24-19-26(30-25(10-11-28(44-30)50-7)47(24)32(49)51-9-2)46(20-21-16-22(34(36,37)38)18-23(17-21)35(39,40)41)31-42-14-12-27(43-31)45(6)15-13-29(48)52-33(3,4)5/h10-12,14,16-18,24,26H,8-9,13,15,19-20H2,1-7H3/t24-,26+/m1/s1. The molecule has 11 nitrogen and oxygen atoms in total. The van der Waals surface area contributed by atoms with Crippen molar-refractivity contribution in [1.29, 1.82) is 0 Å². The number of ether oxygens (including phenoxy) is 3. The van der Waals surface area contributed by atoms with Crippen LogP contribution in [0.15, 0.2) is 42.6 Å². The number of alkyl halides is 6. The number of rotatable bonds is 11. The first-order valence-electron chi connectivity index (χ1n) is 16.6. The highest BCUT2D eigenvalue weighted by molar-refractivity contribution is 5.90. The number of esters is 1. The third kappa shape index (κ3) is 9.73. The van der Waals surface area contributed by atoms with E-state index < -0.39 is 59.8 Å². The van der Waals surface area contributed by atoms with E-state index in [1.54, 1.807) is 51.8 Å². The van der Waals surface area contributed by atoms with Gasteiger partial charge in [-0.25, -0.2) is 14.8 Å². The van der Waals surface area contributed by atoms with Crippen molar-refractivity contribution in [2.75, 3.05) is 42.0 Å². The number of fused-ring (bicyclic) bond motifs is 1. The molecule has 2 aromatic heterocycles. The highest BCUT2D eigenvalue weighted by Crippen LogP contribution is 2.44. The SMILES string of the molecule is CCOC(=O)N1c2ccc(OC)nc2[C@@H](N(Cc2cc(C(F)(F)F)cc(C(F)(F)F)c2)c2nccc(N(C)CCC(=O)OC(C)(C)C)n2)C[C@H]1CC. The van der Waals surface area contributed by atoms with E-state index in [0.29, 0.717) is 30.1 Å². The van der Waals surface area contributed by atoms with Gasteiger partial charge in [0.2, 0.25) is 11.8 Å². The van der Waals surface area contributed by atoms with Crippen LogP contribution in [0.3, 0.4) is 0 Å². The summed E-state index contributed by atoms with van der Waals surface area (Å²) in [6, 6.07) is 4.65. The Kier molecular flexibility index (Phi) is 12.2. The van der Waals surface area contributed by atoms with Gasteiger partial charge in [-0.3, -0.25) is 9.69 Å². The molecule has 1 aromatic carbocycles. The molecular formula is C35H42F6N6O5. The molecule has 0 fully saturated rings. The van der Waals surface area contributed by atoms with Crippen molar-refractivity contribution in [1.82, 2.24) is 15.0 Å². The normalized spacial score (nSPS) is 16.2. The number of carbonyl (C=O) groups excluding carboxylic acids is 2. The predicted molar refractivity (Wildman–Crippen MR) is 180 cm³/mol. The fourth-order valence-corrected chi connectivity index (χ4v) is 5.83. The molecule has 1 aliphatic rings. The molecule has 0 unspecified atom stereocenters. The van der Waals surface area contributed by atoms with Crippen LogP contribution in [-0.2, 0) is 33.2 Å². The number of nitrogens with zero attached hydrogens (tertiary/aromatic N) is 6. The van der Waals surface area contributed by atoms with Crippen LogP contribution in [0.4, 0.5) is 48.6 Å². The van der Waals surface area contributed by atoms with Gasteiger partial charge in [-0.15, -0.1) is 0 Å².